The van der Waals surface area contributed by atoms with E-state index in [0.717, 1.165) is 11.5 Å². The van der Waals surface area contributed by atoms with Crippen LogP contribution < -0.4 is 0 Å². The van der Waals surface area contributed by atoms with Gasteiger partial charge in [-0.1, -0.05) is 13.3 Å². The van der Waals surface area contributed by atoms with Gasteiger partial charge in [0, 0.05) is 25.7 Å². The standard InChI is InChI=1S/C20H37N3/c1-3-6-19(7-8-19)15-22-13-9-20(10-14-22)16-23(17-20)18-4-11-21(2)12-5-18/h18H,3-17H2,1-2H3. The molecule has 0 N–H and O–H groups in total. The Morgan fingerprint density at radius 2 is 1.57 bits per heavy atom. The second kappa shape index (κ2) is 6.31. The molecule has 0 aromatic heterocycles. The smallest absolute Gasteiger partial charge is 0.0120 e. The van der Waals surface area contributed by atoms with E-state index in [1.54, 1.807) is 0 Å². The summed E-state index contributed by atoms with van der Waals surface area (Å²) in [4.78, 5) is 8.13. The summed E-state index contributed by atoms with van der Waals surface area (Å²) in [6.07, 6.45) is 11.6. The highest BCUT2D eigenvalue weighted by Crippen LogP contribution is 2.51. The first-order valence-electron chi connectivity index (χ1n) is 10.3. The fourth-order valence-corrected chi connectivity index (χ4v) is 5.60. The minimum atomic E-state index is 0.710. The van der Waals surface area contributed by atoms with Gasteiger partial charge in [0.15, 0.2) is 0 Å². The minimum absolute atomic E-state index is 0.710. The predicted molar refractivity (Wildman–Crippen MR) is 96.8 cm³/mol. The van der Waals surface area contributed by atoms with Gasteiger partial charge in [0.2, 0.25) is 0 Å². The van der Waals surface area contributed by atoms with Gasteiger partial charge in [-0.25, -0.2) is 0 Å². The zero-order chi connectivity index (χ0) is 15.9. The van der Waals surface area contributed by atoms with Crippen LogP contribution in [0.3, 0.4) is 0 Å². The van der Waals surface area contributed by atoms with Crippen LogP contribution in [0.4, 0.5) is 0 Å². The van der Waals surface area contributed by atoms with Crippen LogP contribution in [0.2, 0.25) is 0 Å². The number of likely N-dealkylation sites (tertiary alicyclic amines) is 3. The van der Waals surface area contributed by atoms with Gasteiger partial charge in [-0.15, -0.1) is 0 Å². The van der Waals surface area contributed by atoms with E-state index in [-0.39, 0.29) is 0 Å². The predicted octanol–water partition coefficient (Wildman–Crippen LogP) is 3.06. The summed E-state index contributed by atoms with van der Waals surface area (Å²) in [5.74, 6) is 0. The summed E-state index contributed by atoms with van der Waals surface area (Å²) in [5, 5.41) is 0. The van der Waals surface area contributed by atoms with Crippen LogP contribution in [0.5, 0.6) is 0 Å². The molecule has 0 aromatic rings. The molecule has 1 spiro atoms. The molecular formula is C20H37N3. The van der Waals surface area contributed by atoms with Crippen LogP contribution in [0.15, 0.2) is 0 Å². The molecule has 0 radical (unpaired) electrons. The second-order valence-electron chi connectivity index (χ2n) is 9.47. The first kappa shape index (κ1) is 16.4. The number of piperidine rings is 2. The lowest BCUT2D eigenvalue weighted by Gasteiger charge is -2.57. The topological polar surface area (TPSA) is 9.72 Å². The van der Waals surface area contributed by atoms with E-state index in [1.807, 2.05) is 0 Å². The molecule has 23 heavy (non-hydrogen) atoms. The van der Waals surface area contributed by atoms with Crippen LogP contribution in [0, 0.1) is 10.8 Å². The summed E-state index contributed by atoms with van der Waals surface area (Å²) in [7, 11) is 2.27. The maximum absolute atomic E-state index is 2.82. The molecule has 132 valence electrons. The Morgan fingerprint density at radius 3 is 2.13 bits per heavy atom. The minimum Gasteiger partial charge on any atom is -0.306 e. The van der Waals surface area contributed by atoms with Crippen molar-refractivity contribution in [3.63, 3.8) is 0 Å². The third kappa shape index (κ3) is 3.48. The van der Waals surface area contributed by atoms with E-state index in [0.29, 0.717) is 5.41 Å². The molecule has 4 rings (SSSR count). The van der Waals surface area contributed by atoms with Gasteiger partial charge < -0.3 is 9.80 Å². The van der Waals surface area contributed by atoms with E-state index in [1.165, 1.54) is 97.2 Å². The Bertz CT molecular complexity index is 393. The third-order valence-corrected chi connectivity index (χ3v) is 7.49. The first-order valence-corrected chi connectivity index (χ1v) is 10.3. The van der Waals surface area contributed by atoms with Crippen LogP contribution in [-0.2, 0) is 0 Å². The Morgan fingerprint density at radius 1 is 0.913 bits per heavy atom. The maximum Gasteiger partial charge on any atom is 0.0120 e. The molecule has 3 aliphatic heterocycles. The van der Waals surface area contributed by atoms with Crippen LogP contribution in [-0.4, -0.2) is 73.6 Å². The molecule has 1 aliphatic carbocycles. The fraction of sp³-hybridized carbons (Fsp3) is 1.00. The monoisotopic (exact) mass is 319 g/mol. The lowest BCUT2D eigenvalue weighted by Crippen LogP contribution is -2.64. The number of nitrogens with zero attached hydrogens (tertiary/aromatic N) is 3. The Kier molecular flexibility index (Phi) is 4.49. The van der Waals surface area contributed by atoms with Crippen molar-refractivity contribution in [1.82, 2.24) is 14.7 Å². The number of hydrogen-bond acceptors (Lipinski definition) is 3. The van der Waals surface area contributed by atoms with Gasteiger partial charge in [0.25, 0.3) is 0 Å². The molecule has 3 saturated heterocycles. The second-order valence-corrected chi connectivity index (χ2v) is 9.47. The van der Waals surface area contributed by atoms with E-state index in [4.69, 9.17) is 0 Å². The molecule has 0 bridgehead atoms. The largest absolute Gasteiger partial charge is 0.306 e. The zero-order valence-corrected chi connectivity index (χ0v) is 15.5. The lowest BCUT2D eigenvalue weighted by atomic mass is 9.70. The summed E-state index contributed by atoms with van der Waals surface area (Å²) < 4.78 is 0. The number of hydrogen-bond donors (Lipinski definition) is 0. The Balaban J connectivity index is 1.20. The van der Waals surface area contributed by atoms with Crippen molar-refractivity contribution in [3.05, 3.63) is 0 Å². The SMILES string of the molecule is CCCC1(CN2CCC3(CC2)CN(C2CCN(C)CC2)C3)CC1. The lowest BCUT2D eigenvalue weighted by molar-refractivity contribution is -0.0809. The van der Waals surface area contributed by atoms with Gasteiger partial charge in [-0.05, 0) is 89.0 Å². The van der Waals surface area contributed by atoms with Crippen molar-refractivity contribution in [3.8, 4) is 0 Å². The Labute approximate surface area is 143 Å². The number of rotatable bonds is 5. The van der Waals surface area contributed by atoms with Crippen molar-refractivity contribution in [2.24, 2.45) is 10.8 Å². The van der Waals surface area contributed by atoms with Gasteiger partial charge >= 0.3 is 0 Å². The van der Waals surface area contributed by atoms with Crippen LogP contribution >= 0.6 is 0 Å². The summed E-state index contributed by atoms with van der Waals surface area (Å²) in [6.45, 7) is 12.0. The molecule has 1 saturated carbocycles. The molecule has 0 unspecified atom stereocenters. The molecule has 4 fully saturated rings. The fourth-order valence-electron chi connectivity index (χ4n) is 5.60. The van der Waals surface area contributed by atoms with Crippen molar-refractivity contribution < 1.29 is 0 Å². The van der Waals surface area contributed by atoms with Crippen LogP contribution in [0.1, 0.15) is 58.3 Å². The normalized spacial score (nSPS) is 32.1. The highest BCUT2D eigenvalue weighted by Gasteiger charge is 2.49. The van der Waals surface area contributed by atoms with Gasteiger partial charge in [-0.2, -0.15) is 0 Å². The molecule has 0 aromatic carbocycles. The molecule has 4 aliphatic rings. The summed E-state index contributed by atoms with van der Waals surface area (Å²) in [6, 6.07) is 0.897. The van der Waals surface area contributed by atoms with E-state index in [9.17, 15) is 0 Å². The molecule has 0 amide bonds. The Hall–Kier alpha value is -0.120. The highest BCUT2D eigenvalue weighted by atomic mass is 15.3. The van der Waals surface area contributed by atoms with E-state index in [2.05, 4.69) is 28.7 Å². The van der Waals surface area contributed by atoms with Gasteiger partial charge in [0.05, 0.1) is 0 Å². The van der Waals surface area contributed by atoms with E-state index < -0.39 is 0 Å². The summed E-state index contributed by atoms with van der Waals surface area (Å²) >= 11 is 0. The average Bonchev–Trinajstić information content (AvgIpc) is 3.27. The van der Waals surface area contributed by atoms with Gasteiger partial charge in [0.1, 0.15) is 0 Å². The van der Waals surface area contributed by atoms with Crippen molar-refractivity contribution >= 4 is 0 Å². The van der Waals surface area contributed by atoms with E-state index >= 15 is 0 Å². The molecule has 0 atom stereocenters. The van der Waals surface area contributed by atoms with Crippen LogP contribution in [0.25, 0.3) is 0 Å². The summed E-state index contributed by atoms with van der Waals surface area (Å²) in [5.41, 5.74) is 1.46. The highest BCUT2D eigenvalue weighted by molar-refractivity contribution is 5.02. The van der Waals surface area contributed by atoms with Gasteiger partial charge in [-0.3, -0.25) is 4.90 Å². The zero-order valence-electron chi connectivity index (χ0n) is 15.5. The quantitative estimate of drug-likeness (QED) is 0.771. The van der Waals surface area contributed by atoms with Crippen molar-refractivity contribution in [1.29, 1.82) is 0 Å². The first-order chi connectivity index (χ1) is 11.1. The third-order valence-electron chi connectivity index (χ3n) is 7.49. The molecule has 3 nitrogen and oxygen atoms in total. The molecular weight excluding hydrogens is 282 g/mol. The molecule has 3 heteroatoms. The van der Waals surface area contributed by atoms with Crippen molar-refractivity contribution in [2.75, 3.05) is 52.9 Å². The maximum atomic E-state index is 2.82. The molecule has 3 heterocycles. The average molecular weight is 320 g/mol. The van der Waals surface area contributed by atoms with Crippen molar-refractivity contribution in [2.45, 2.75) is 64.3 Å².